The average molecular weight is 249 g/mol. The fraction of sp³-hybridized carbons (Fsp3) is 0.500. The normalized spacial score (nSPS) is 10.6. The Morgan fingerprint density at radius 2 is 1.94 bits per heavy atom. The zero-order valence-corrected chi connectivity index (χ0v) is 11.9. The van der Waals surface area contributed by atoms with E-state index >= 15 is 0 Å². The first kappa shape index (κ1) is 14.4. The van der Waals surface area contributed by atoms with Gasteiger partial charge in [0.25, 0.3) is 5.91 Å². The van der Waals surface area contributed by atoms with E-state index in [0.717, 1.165) is 12.2 Å². The SMILES string of the molecule is CCN(c1ccc(C(=O)N(C)C)cc1N)C(C)C. The third-order valence-electron chi connectivity index (χ3n) is 2.95. The molecule has 1 aromatic rings. The van der Waals surface area contributed by atoms with Crippen LogP contribution < -0.4 is 10.6 Å². The summed E-state index contributed by atoms with van der Waals surface area (Å²) >= 11 is 0. The molecule has 18 heavy (non-hydrogen) atoms. The van der Waals surface area contributed by atoms with Gasteiger partial charge in [-0.25, -0.2) is 0 Å². The maximum absolute atomic E-state index is 11.8. The number of amides is 1. The Balaban J connectivity index is 3.10. The molecule has 0 aliphatic rings. The number of hydrogen-bond acceptors (Lipinski definition) is 3. The summed E-state index contributed by atoms with van der Waals surface area (Å²) in [4.78, 5) is 15.6. The summed E-state index contributed by atoms with van der Waals surface area (Å²) in [6.45, 7) is 7.24. The highest BCUT2D eigenvalue weighted by Crippen LogP contribution is 2.26. The Labute approximate surface area is 109 Å². The van der Waals surface area contributed by atoms with E-state index in [9.17, 15) is 4.79 Å². The van der Waals surface area contributed by atoms with Crippen molar-refractivity contribution >= 4 is 17.3 Å². The highest BCUT2D eigenvalue weighted by molar-refractivity contribution is 5.95. The molecular weight excluding hydrogens is 226 g/mol. The van der Waals surface area contributed by atoms with Crippen LogP contribution >= 0.6 is 0 Å². The number of hydrogen-bond donors (Lipinski definition) is 1. The van der Waals surface area contributed by atoms with Crippen LogP contribution in [0.3, 0.4) is 0 Å². The van der Waals surface area contributed by atoms with Crippen LogP contribution in [-0.2, 0) is 0 Å². The lowest BCUT2D eigenvalue weighted by Crippen LogP contribution is -2.31. The summed E-state index contributed by atoms with van der Waals surface area (Å²) in [7, 11) is 3.47. The van der Waals surface area contributed by atoms with Gasteiger partial charge in [-0.05, 0) is 39.0 Å². The number of anilines is 2. The molecule has 0 fully saturated rings. The smallest absolute Gasteiger partial charge is 0.253 e. The molecule has 100 valence electrons. The molecule has 1 rings (SSSR count). The first-order chi connectivity index (χ1) is 8.38. The van der Waals surface area contributed by atoms with E-state index in [2.05, 4.69) is 25.7 Å². The average Bonchev–Trinajstić information content (AvgIpc) is 2.30. The van der Waals surface area contributed by atoms with Crippen molar-refractivity contribution in [2.75, 3.05) is 31.3 Å². The minimum absolute atomic E-state index is 0.0270. The lowest BCUT2D eigenvalue weighted by molar-refractivity contribution is 0.0827. The summed E-state index contributed by atoms with van der Waals surface area (Å²) in [6.07, 6.45) is 0. The van der Waals surface area contributed by atoms with Gasteiger partial charge in [-0.2, -0.15) is 0 Å². The fourth-order valence-corrected chi connectivity index (χ4v) is 2.02. The second-order valence-electron chi connectivity index (χ2n) is 4.85. The summed E-state index contributed by atoms with van der Waals surface area (Å²) in [5.74, 6) is -0.0270. The van der Waals surface area contributed by atoms with Crippen LogP contribution in [-0.4, -0.2) is 37.5 Å². The van der Waals surface area contributed by atoms with Crippen molar-refractivity contribution in [1.82, 2.24) is 4.90 Å². The summed E-state index contributed by atoms with van der Waals surface area (Å²) in [5.41, 5.74) is 8.33. The van der Waals surface area contributed by atoms with Crippen LogP contribution in [0.5, 0.6) is 0 Å². The van der Waals surface area contributed by atoms with Crippen molar-refractivity contribution in [1.29, 1.82) is 0 Å². The van der Waals surface area contributed by atoms with Gasteiger partial charge in [0.05, 0.1) is 11.4 Å². The molecule has 0 spiro atoms. The van der Waals surface area contributed by atoms with Gasteiger partial charge in [0, 0.05) is 32.2 Å². The van der Waals surface area contributed by atoms with Crippen molar-refractivity contribution in [3.63, 3.8) is 0 Å². The van der Waals surface area contributed by atoms with Gasteiger partial charge in [-0.15, -0.1) is 0 Å². The molecule has 4 heteroatoms. The molecule has 1 aromatic carbocycles. The van der Waals surface area contributed by atoms with Crippen LogP contribution in [0.4, 0.5) is 11.4 Å². The maximum atomic E-state index is 11.8. The molecule has 0 unspecified atom stereocenters. The highest BCUT2D eigenvalue weighted by atomic mass is 16.2. The molecule has 0 atom stereocenters. The predicted molar refractivity (Wildman–Crippen MR) is 77.0 cm³/mol. The number of carbonyl (C=O) groups is 1. The van der Waals surface area contributed by atoms with Gasteiger partial charge in [-0.3, -0.25) is 4.79 Å². The molecule has 1 amide bonds. The standard InChI is InChI=1S/C14H23N3O/c1-6-17(10(2)3)13-8-7-11(9-12(13)15)14(18)16(4)5/h7-10H,6,15H2,1-5H3. The Hall–Kier alpha value is -1.71. The van der Waals surface area contributed by atoms with Crippen LogP contribution in [0.2, 0.25) is 0 Å². The van der Waals surface area contributed by atoms with Gasteiger partial charge in [0.1, 0.15) is 0 Å². The summed E-state index contributed by atoms with van der Waals surface area (Å²) in [5, 5.41) is 0. The van der Waals surface area contributed by atoms with Crippen molar-refractivity contribution in [2.45, 2.75) is 26.8 Å². The Kier molecular flexibility index (Phi) is 4.59. The van der Waals surface area contributed by atoms with E-state index in [1.165, 1.54) is 0 Å². The second-order valence-corrected chi connectivity index (χ2v) is 4.85. The second kappa shape index (κ2) is 5.76. The third kappa shape index (κ3) is 2.94. The van der Waals surface area contributed by atoms with E-state index in [0.29, 0.717) is 17.3 Å². The van der Waals surface area contributed by atoms with E-state index in [1.807, 2.05) is 12.1 Å². The topological polar surface area (TPSA) is 49.6 Å². The fourth-order valence-electron chi connectivity index (χ4n) is 2.02. The molecule has 0 aliphatic heterocycles. The number of carbonyl (C=O) groups excluding carboxylic acids is 1. The molecule has 0 radical (unpaired) electrons. The first-order valence-corrected chi connectivity index (χ1v) is 6.26. The van der Waals surface area contributed by atoms with Crippen LogP contribution in [0.1, 0.15) is 31.1 Å². The van der Waals surface area contributed by atoms with Crippen molar-refractivity contribution in [2.24, 2.45) is 0 Å². The third-order valence-corrected chi connectivity index (χ3v) is 2.95. The van der Waals surface area contributed by atoms with Crippen LogP contribution in [0.15, 0.2) is 18.2 Å². The molecule has 2 N–H and O–H groups in total. The van der Waals surface area contributed by atoms with Gasteiger partial charge >= 0.3 is 0 Å². The predicted octanol–water partition coefficient (Wildman–Crippen LogP) is 2.21. The lowest BCUT2D eigenvalue weighted by Gasteiger charge is -2.29. The van der Waals surface area contributed by atoms with Gasteiger partial charge in [-0.1, -0.05) is 0 Å². The van der Waals surface area contributed by atoms with Crippen LogP contribution in [0, 0.1) is 0 Å². The zero-order chi connectivity index (χ0) is 13.9. The molecular formula is C14H23N3O. The van der Waals surface area contributed by atoms with E-state index < -0.39 is 0 Å². The molecule has 0 saturated carbocycles. The maximum Gasteiger partial charge on any atom is 0.253 e. The minimum atomic E-state index is -0.0270. The minimum Gasteiger partial charge on any atom is -0.397 e. The van der Waals surface area contributed by atoms with E-state index in [-0.39, 0.29) is 5.91 Å². The largest absolute Gasteiger partial charge is 0.397 e. The number of rotatable bonds is 4. The monoisotopic (exact) mass is 249 g/mol. The number of nitrogen functional groups attached to an aromatic ring is 1. The Morgan fingerprint density at radius 1 is 1.33 bits per heavy atom. The molecule has 4 nitrogen and oxygen atoms in total. The Bertz CT molecular complexity index is 427. The number of nitrogens with zero attached hydrogens (tertiary/aromatic N) is 2. The summed E-state index contributed by atoms with van der Waals surface area (Å²) in [6, 6.07) is 5.89. The van der Waals surface area contributed by atoms with Crippen molar-refractivity contribution in [3.05, 3.63) is 23.8 Å². The molecule has 0 aliphatic carbocycles. The van der Waals surface area contributed by atoms with E-state index in [4.69, 9.17) is 5.73 Å². The molecule has 0 heterocycles. The van der Waals surface area contributed by atoms with Crippen LogP contribution in [0.25, 0.3) is 0 Å². The molecule has 0 bridgehead atoms. The molecule has 0 saturated heterocycles. The lowest BCUT2D eigenvalue weighted by atomic mass is 10.1. The zero-order valence-electron chi connectivity index (χ0n) is 11.9. The number of benzene rings is 1. The van der Waals surface area contributed by atoms with Gasteiger partial charge in [0.2, 0.25) is 0 Å². The summed E-state index contributed by atoms with van der Waals surface area (Å²) < 4.78 is 0. The van der Waals surface area contributed by atoms with Gasteiger partial charge < -0.3 is 15.5 Å². The highest BCUT2D eigenvalue weighted by Gasteiger charge is 2.14. The number of nitrogens with two attached hydrogens (primary N) is 1. The van der Waals surface area contributed by atoms with Gasteiger partial charge in [0.15, 0.2) is 0 Å². The quantitative estimate of drug-likeness (QED) is 0.832. The van der Waals surface area contributed by atoms with E-state index in [1.54, 1.807) is 25.1 Å². The Morgan fingerprint density at radius 3 is 2.33 bits per heavy atom. The van der Waals surface area contributed by atoms with Crippen molar-refractivity contribution < 1.29 is 4.79 Å². The first-order valence-electron chi connectivity index (χ1n) is 6.26. The van der Waals surface area contributed by atoms with Crippen molar-refractivity contribution in [3.8, 4) is 0 Å². The molecule has 0 aromatic heterocycles.